The molecule has 0 atom stereocenters. The molecule has 3 aromatic rings. The molecule has 4 heteroatoms. The van der Waals surface area contributed by atoms with Gasteiger partial charge in [-0.3, -0.25) is 0 Å². The molecule has 0 amide bonds. The molecule has 1 aliphatic heterocycles. The lowest BCUT2D eigenvalue weighted by Gasteiger charge is -2.24. The van der Waals surface area contributed by atoms with Gasteiger partial charge in [-0.2, -0.15) is 0 Å². The van der Waals surface area contributed by atoms with Crippen LogP contribution in [0.3, 0.4) is 0 Å². The van der Waals surface area contributed by atoms with Crippen LogP contribution in [0.4, 0.5) is 0 Å². The van der Waals surface area contributed by atoms with E-state index in [2.05, 4.69) is 40.8 Å². The standard InChI is InChI=1S/C20H21ClN2O/c1-22-10-9-20-18(13-22)17-11-15(21)5-8-19(17)23(20)12-14-3-6-16(24-2)7-4-14/h3-8,11H,9-10,12-13H2,1-2H3. The normalized spacial score (nSPS) is 14.8. The zero-order valence-electron chi connectivity index (χ0n) is 14.1. The van der Waals surface area contributed by atoms with Crippen molar-refractivity contribution >= 4 is 22.5 Å². The Morgan fingerprint density at radius 2 is 1.92 bits per heavy atom. The minimum absolute atomic E-state index is 0.806. The summed E-state index contributed by atoms with van der Waals surface area (Å²) in [6.45, 7) is 2.96. The van der Waals surface area contributed by atoms with Crippen LogP contribution in [0.5, 0.6) is 5.75 Å². The minimum atomic E-state index is 0.806. The van der Waals surface area contributed by atoms with Crippen LogP contribution >= 0.6 is 11.6 Å². The fourth-order valence-electron chi connectivity index (χ4n) is 3.65. The minimum Gasteiger partial charge on any atom is -0.497 e. The Labute approximate surface area is 147 Å². The number of rotatable bonds is 3. The van der Waals surface area contributed by atoms with E-state index in [0.29, 0.717) is 0 Å². The summed E-state index contributed by atoms with van der Waals surface area (Å²) in [6, 6.07) is 14.6. The number of methoxy groups -OCH3 is 1. The van der Waals surface area contributed by atoms with E-state index < -0.39 is 0 Å². The summed E-state index contributed by atoms with van der Waals surface area (Å²) in [5.41, 5.74) is 5.43. The van der Waals surface area contributed by atoms with E-state index in [9.17, 15) is 0 Å². The van der Waals surface area contributed by atoms with Crippen LogP contribution in [0.15, 0.2) is 42.5 Å². The largest absolute Gasteiger partial charge is 0.497 e. The fourth-order valence-corrected chi connectivity index (χ4v) is 3.82. The Hall–Kier alpha value is -1.97. The molecule has 0 bridgehead atoms. The molecular formula is C20H21ClN2O. The Kier molecular flexibility index (Phi) is 3.99. The van der Waals surface area contributed by atoms with Crippen LogP contribution in [0.1, 0.15) is 16.8 Å². The molecule has 0 aliphatic carbocycles. The van der Waals surface area contributed by atoms with E-state index in [1.165, 1.54) is 27.7 Å². The summed E-state index contributed by atoms with van der Waals surface area (Å²) >= 11 is 6.26. The molecule has 24 heavy (non-hydrogen) atoms. The van der Waals surface area contributed by atoms with Crippen LogP contribution in [0, 0.1) is 0 Å². The van der Waals surface area contributed by atoms with Crippen LogP contribution in [-0.2, 0) is 19.5 Å². The Morgan fingerprint density at radius 1 is 1.12 bits per heavy atom. The lowest BCUT2D eigenvalue weighted by atomic mass is 10.1. The second-order valence-electron chi connectivity index (χ2n) is 6.51. The van der Waals surface area contributed by atoms with Gasteiger partial charge in [-0.25, -0.2) is 0 Å². The van der Waals surface area contributed by atoms with Gasteiger partial charge in [0.15, 0.2) is 0 Å². The second-order valence-corrected chi connectivity index (χ2v) is 6.95. The van der Waals surface area contributed by atoms with Gasteiger partial charge in [0.25, 0.3) is 0 Å². The maximum atomic E-state index is 6.26. The number of fused-ring (bicyclic) bond motifs is 3. The van der Waals surface area contributed by atoms with Crippen molar-refractivity contribution in [3.8, 4) is 5.75 Å². The van der Waals surface area contributed by atoms with Crippen molar-refractivity contribution in [1.82, 2.24) is 9.47 Å². The fraction of sp³-hybridized carbons (Fsp3) is 0.300. The molecular weight excluding hydrogens is 320 g/mol. The topological polar surface area (TPSA) is 17.4 Å². The number of ether oxygens (including phenoxy) is 1. The van der Waals surface area contributed by atoms with E-state index in [4.69, 9.17) is 16.3 Å². The number of halogens is 1. The maximum absolute atomic E-state index is 6.26. The Morgan fingerprint density at radius 3 is 2.67 bits per heavy atom. The first-order valence-corrected chi connectivity index (χ1v) is 8.64. The number of hydrogen-bond donors (Lipinski definition) is 0. The molecule has 0 N–H and O–H groups in total. The SMILES string of the molecule is COc1ccc(Cn2c3c(c4cc(Cl)ccc42)CN(C)CC3)cc1. The predicted octanol–water partition coefficient (Wildman–Crippen LogP) is 4.34. The maximum Gasteiger partial charge on any atom is 0.118 e. The van der Waals surface area contributed by atoms with Crippen molar-refractivity contribution in [2.45, 2.75) is 19.5 Å². The van der Waals surface area contributed by atoms with Crippen molar-refractivity contribution in [3.05, 3.63) is 64.3 Å². The number of nitrogens with zero attached hydrogens (tertiary/aromatic N) is 2. The third-order valence-electron chi connectivity index (χ3n) is 4.91. The monoisotopic (exact) mass is 340 g/mol. The van der Waals surface area contributed by atoms with E-state index >= 15 is 0 Å². The van der Waals surface area contributed by atoms with E-state index in [0.717, 1.165) is 36.8 Å². The van der Waals surface area contributed by atoms with Gasteiger partial charge in [-0.15, -0.1) is 0 Å². The highest BCUT2D eigenvalue weighted by molar-refractivity contribution is 6.31. The Balaban J connectivity index is 1.82. The van der Waals surface area contributed by atoms with Crippen LogP contribution in [0.2, 0.25) is 5.02 Å². The molecule has 0 fully saturated rings. The van der Waals surface area contributed by atoms with E-state index in [1.807, 2.05) is 18.2 Å². The summed E-state index contributed by atoms with van der Waals surface area (Å²) in [5.74, 6) is 0.895. The zero-order chi connectivity index (χ0) is 16.7. The molecule has 2 aromatic carbocycles. The average molecular weight is 341 g/mol. The molecule has 0 saturated carbocycles. The summed E-state index contributed by atoms with van der Waals surface area (Å²) in [5, 5.41) is 2.10. The van der Waals surface area contributed by atoms with Crippen molar-refractivity contribution in [2.24, 2.45) is 0 Å². The van der Waals surface area contributed by atoms with Crippen molar-refractivity contribution in [2.75, 3.05) is 20.7 Å². The quantitative estimate of drug-likeness (QED) is 0.705. The van der Waals surface area contributed by atoms with E-state index in [-0.39, 0.29) is 0 Å². The molecule has 3 nitrogen and oxygen atoms in total. The van der Waals surface area contributed by atoms with Gasteiger partial charge in [0.2, 0.25) is 0 Å². The van der Waals surface area contributed by atoms with Crippen molar-refractivity contribution < 1.29 is 4.74 Å². The highest BCUT2D eigenvalue weighted by atomic mass is 35.5. The van der Waals surface area contributed by atoms with Gasteiger partial charge in [0, 0.05) is 47.7 Å². The first-order valence-electron chi connectivity index (χ1n) is 8.26. The Bertz CT molecular complexity index is 883. The first kappa shape index (κ1) is 15.6. The lowest BCUT2D eigenvalue weighted by Crippen LogP contribution is -2.27. The van der Waals surface area contributed by atoms with E-state index in [1.54, 1.807) is 7.11 Å². The van der Waals surface area contributed by atoms with Crippen molar-refractivity contribution in [3.63, 3.8) is 0 Å². The van der Waals surface area contributed by atoms with Gasteiger partial charge in [0.05, 0.1) is 7.11 Å². The van der Waals surface area contributed by atoms with Gasteiger partial charge in [0.1, 0.15) is 5.75 Å². The number of likely N-dealkylation sites (N-methyl/N-ethyl adjacent to an activating group) is 1. The smallest absolute Gasteiger partial charge is 0.118 e. The van der Waals surface area contributed by atoms with Gasteiger partial charge < -0.3 is 14.2 Å². The summed E-state index contributed by atoms with van der Waals surface area (Å²) < 4.78 is 7.72. The predicted molar refractivity (Wildman–Crippen MR) is 99.1 cm³/mol. The average Bonchev–Trinajstić information content (AvgIpc) is 2.88. The summed E-state index contributed by atoms with van der Waals surface area (Å²) in [6.07, 6.45) is 1.08. The molecule has 0 unspecified atom stereocenters. The van der Waals surface area contributed by atoms with Gasteiger partial charge >= 0.3 is 0 Å². The van der Waals surface area contributed by atoms with Crippen LogP contribution in [-0.4, -0.2) is 30.2 Å². The van der Waals surface area contributed by atoms with Crippen LogP contribution < -0.4 is 4.74 Å². The molecule has 2 heterocycles. The molecule has 4 rings (SSSR count). The third-order valence-corrected chi connectivity index (χ3v) is 5.14. The number of benzene rings is 2. The lowest BCUT2D eigenvalue weighted by molar-refractivity contribution is 0.310. The number of hydrogen-bond acceptors (Lipinski definition) is 2. The molecule has 1 aromatic heterocycles. The molecule has 1 aliphatic rings. The molecule has 0 radical (unpaired) electrons. The highest BCUT2D eigenvalue weighted by Crippen LogP contribution is 2.33. The summed E-state index contributed by atoms with van der Waals surface area (Å²) in [4.78, 5) is 2.38. The second kappa shape index (κ2) is 6.15. The van der Waals surface area contributed by atoms with Crippen LogP contribution in [0.25, 0.3) is 10.9 Å². The molecule has 0 spiro atoms. The van der Waals surface area contributed by atoms with Crippen molar-refractivity contribution in [1.29, 1.82) is 0 Å². The molecule has 0 saturated heterocycles. The summed E-state index contributed by atoms with van der Waals surface area (Å²) in [7, 11) is 3.88. The highest BCUT2D eigenvalue weighted by Gasteiger charge is 2.22. The van der Waals surface area contributed by atoms with Gasteiger partial charge in [-0.1, -0.05) is 23.7 Å². The number of aromatic nitrogens is 1. The zero-order valence-corrected chi connectivity index (χ0v) is 14.8. The third kappa shape index (κ3) is 2.68. The first-order chi connectivity index (χ1) is 11.7. The molecule has 124 valence electrons. The van der Waals surface area contributed by atoms with Gasteiger partial charge in [-0.05, 0) is 48.5 Å².